The maximum Gasteiger partial charge on any atom is 0.244 e. The van der Waals surface area contributed by atoms with Crippen LogP contribution < -0.4 is 5.32 Å². The minimum Gasteiger partial charge on any atom is -0.350 e. The summed E-state index contributed by atoms with van der Waals surface area (Å²) >= 11 is 1.66. The molecule has 4 bridgehead atoms. The first-order valence-corrected chi connectivity index (χ1v) is 9.53. The number of carbonyl (C=O) groups excluding carboxylic acids is 1. The van der Waals surface area contributed by atoms with Crippen LogP contribution in [-0.4, -0.2) is 11.9 Å². The lowest BCUT2D eigenvalue weighted by atomic mass is 9.48. The summed E-state index contributed by atoms with van der Waals surface area (Å²) in [6.07, 6.45) is 12.0. The van der Waals surface area contributed by atoms with Crippen LogP contribution in [0, 0.1) is 23.2 Å². The highest BCUT2D eigenvalue weighted by atomic mass is 32.1. The molecule has 118 valence electrons. The molecular weight excluding hydrogens is 290 g/mol. The SMILES string of the molecule is CC(NC(=O)/C=C\c1cccs1)C12CC3CC(CC(C3)C1)C2. The number of hydrogen-bond donors (Lipinski definition) is 1. The van der Waals surface area contributed by atoms with E-state index >= 15 is 0 Å². The van der Waals surface area contributed by atoms with Crippen molar-refractivity contribution in [1.29, 1.82) is 0 Å². The van der Waals surface area contributed by atoms with Crippen molar-refractivity contribution in [3.8, 4) is 0 Å². The van der Waals surface area contributed by atoms with Gasteiger partial charge in [0.1, 0.15) is 0 Å². The molecule has 5 rings (SSSR count). The van der Waals surface area contributed by atoms with E-state index in [1.807, 2.05) is 23.6 Å². The van der Waals surface area contributed by atoms with E-state index < -0.39 is 0 Å². The predicted molar refractivity (Wildman–Crippen MR) is 91.6 cm³/mol. The minimum absolute atomic E-state index is 0.0663. The van der Waals surface area contributed by atoms with E-state index in [9.17, 15) is 4.79 Å². The second kappa shape index (κ2) is 5.52. The highest BCUT2D eigenvalue weighted by Crippen LogP contribution is 2.61. The van der Waals surface area contributed by atoms with Crippen molar-refractivity contribution >= 4 is 23.3 Å². The molecular formula is C19H25NOS. The molecule has 4 aliphatic carbocycles. The first kappa shape index (κ1) is 14.5. The molecule has 2 nitrogen and oxygen atoms in total. The summed E-state index contributed by atoms with van der Waals surface area (Å²) in [6.45, 7) is 2.24. The van der Waals surface area contributed by atoms with Gasteiger partial charge in [-0.2, -0.15) is 0 Å². The topological polar surface area (TPSA) is 29.1 Å². The summed E-state index contributed by atoms with van der Waals surface area (Å²) in [5.74, 6) is 2.88. The van der Waals surface area contributed by atoms with Gasteiger partial charge in [0, 0.05) is 17.0 Å². The average molecular weight is 315 g/mol. The van der Waals surface area contributed by atoms with Crippen LogP contribution in [0.2, 0.25) is 0 Å². The Labute approximate surface area is 137 Å². The monoisotopic (exact) mass is 315 g/mol. The van der Waals surface area contributed by atoms with E-state index in [0.29, 0.717) is 11.5 Å². The molecule has 0 radical (unpaired) electrons. The molecule has 4 aliphatic rings. The van der Waals surface area contributed by atoms with E-state index in [-0.39, 0.29) is 5.91 Å². The molecule has 22 heavy (non-hydrogen) atoms. The Morgan fingerprint density at radius 2 is 1.91 bits per heavy atom. The standard InChI is InChI=1S/C19H25NOS/c1-13(20-18(21)5-4-17-3-2-6-22-17)19-10-14-7-15(11-19)9-16(8-14)12-19/h2-6,13-16H,7-12H2,1H3,(H,20,21)/b5-4-. The zero-order valence-electron chi connectivity index (χ0n) is 13.3. The van der Waals surface area contributed by atoms with Crippen LogP contribution in [0.3, 0.4) is 0 Å². The lowest BCUT2D eigenvalue weighted by Crippen LogP contribution is -2.55. The van der Waals surface area contributed by atoms with E-state index in [4.69, 9.17) is 0 Å². The third-order valence-corrected chi connectivity index (χ3v) is 7.14. The zero-order valence-corrected chi connectivity index (χ0v) is 14.1. The van der Waals surface area contributed by atoms with Crippen molar-refractivity contribution in [3.63, 3.8) is 0 Å². The third-order valence-electron chi connectivity index (χ3n) is 6.31. The van der Waals surface area contributed by atoms with E-state index in [2.05, 4.69) is 12.2 Å². The van der Waals surface area contributed by atoms with Gasteiger partial charge in [-0.15, -0.1) is 11.3 Å². The van der Waals surface area contributed by atoms with Gasteiger partial charge < -0.3 is 5.32 Å². The van der Waals surface area contributed by atoms with E-state index in [1.54, 1.807) is 17.4 Å². The van der Waals surface area contributed by atoms with Crippen molar-refractivity contribution in [2.45, 2.75) is 51.5 Å². The van der Waals surface area contributed by atoms with Gasteiger partial charge in [-0.25, -0.2) is 0 Å². The van der Waals surface area contributed by atoms with Crippen LogP contribution in [0.5, 0.6) is 0 Å². The molecule has 1 unspecified atom stereocenters. The predicted octanol–water partition coefficient (Wildman–Crippen LogP) is 4.48. The van der Waals surface area contributed by atoms with E-state index in [1.165, 1.54) is 38.5 Å². The molecule has 1 N–H and O–H groups in total. The van der Waals surface area contributed by atoms with Crippen LogP contribution in [0.25, 0.3) is 6.08 Å². The molecule has 0 spiro atoms. The zero-order chi connectivity index (χ0) is 15.2. The van der Waals surface area contributed by atoms with Gasteiger partial charge in [-0.1, -0.05) is 6.07 Å². The molecule has 0 aromatic carbocycles. The fourth-order valence-electron chi connectivity index (χ4n) is 5.67. The summed E-state index contributed by atoms with van der Waals surface area (Å²) in [7, 11) is 0. The normalized spacial score (nSPS) is 37.6. The number of nitrogens with one attached hydrogen (secondary N) is 1. The van der Waals surface area contributed by atoms with Gasteiger partial charge in [0.25, 0.3) is 0 Å². The van der Waals surface area contributed by atoms with E-state index in [0.717, 1.165) is 22.6 Å². The summed E-state index contributed by atoms with van der Waals surface area (Å²) in [5.41, 5.74) is 0.390. The number of carbonyl (C=O) groups is 1. The van der Waals surface area contributed by atoms with Crippen LogP contribution in [0.4, 0.5) is 0 Å². The quantitative estimate of drug-likeness (QED) is 0.815. The van der Waals surface area contributed by atoms with Crippen LogP contribution in [-0.2, 0) is 4.79 Å². The molecule has 4 saturated carbocycles. The maximum absolute atomic E-state index is 12.2. The van der Waals surface area contributed by atoms with Crippen molar-refractivity contribution in [1.82, 2.24) is 5.32 Å². The largest absolute Gasteiger partial charge is 0.350 e. The van der Waals surface area contributed by atoms with Crippen molar-refractivity contribution in [3.05, 3.63) is 28.5 Å². The molecule has 0 saturated heterocycles. The summed E-state index contributed by atoms with van der Waals surface area (Å²) in [5, 5.41) is 5.32. The van der Waals surface area contributed by atoms with Crippen LogP contribution >= 0.6 is 11.3 Å². The highest BCUT2D eigenvalue weighted by molar-refractivity contribution is 7.10. The minimum atomic E-state index is 0.0663. The lowest BCUT2D eigenvalue weighted by molar-refractivity contribution is -0.121. The van der Waals surface area contributed by atoms with Crippen molar-refractivity contribution in [2.75, 3.05) is 0 Å². The summed E-state index contributed by atoms with van der Waals surface area (Å²) in [6, 6.07) is 4.36. The second-order valence-electron chi connectivity index (χ2n) is 7.86. The number of amides is 1. The fraction of sp³-hybridized carbons (Fsp3) is 0.632. The van der Waals surface area contributed by atoms with Gasteiger partial charge in [-0.05, 0) is 86.1 Å². The highest BCUT2D eigenvalue weighted by Gasteiger charge is 2.53. The smallest absolute Gasteiger partial charge is 0.244 e. The Morgan fingerprint density at radius 1 is 1.27 bits per heavy atom. The number of hydrogen-bond acceptors (Lipinski definition) is 2. The molecule has 1 heterocycles. The Balaban J connectivity index is 1.41. The first-order chi connectivity index (χ1) is 10.6. The summed E-state index contributed by atoms with van der Waals surface area (Å²) in [4.78, 5) is 13.4. The lowest BCUT2D eigenvalue weighted by Gasteiger charge is -2.59. The molecule has 1 amide bonds. The Bertz CT molecular complexity index is 539. The fourth-order valence-corrected chi connectivity index (χ4v) is 6.28. The van der Waals surface area contributed by atoms with Gasteiger partial charge >= 0.3 is 0 Å². The molecule has 3 heteroatoms. The van der Waals surface area contributed by atoms with Crippen molar-refractivity contribution < 1.29 is 4.79 Å². The molecule has 4 fully saturated rings. The number of thiophene rings is 1. The molecule has 1 aromatic heterocycles. The Morgan fingerprint density at radius 3 is 2.45 bits per heavy atom. The third kappa shape index (κ3) is 2.64. The van der Waals surface area contributed by atoms with Gasteiger partial charge in [0.15, 0.2) is 0 Å². The molecule has 0 aliphatic heterocycles. The van der Waals surface area contributed by atoms with Crippen LogP contribution in [0.1, 0.15) is 50.3 Å². The van der Waals surface area contributed by atoms with Crippen LogP contribution in [0.15, 0.2) is 23.6 Å². The van der Waals surface area contributed by atoms with Gasteiger partial charge in [-0.3, -0.25) is 4.79 Å². The Hall–Kier alpha value is -1.09. The Kier molecular flexibility index (Phi) is 3.64. The molecule has 1 atom stereocenters. The second-order valence-corrected chi connectivity index (χ2v) is 8.84. The van der Waals surface area contributed by atoms with Gasteiger partial charge in [0.2, 0.25) is 5.91 Å². The number of rotatable bonds is 4. The molecule has 1 aromatic rings. The van der Waals surface area contributed by atoms with Crippen molar-refractivity contribution in [2.24, 2.45) is 23.2 Å². The average Bonchev–Trinajstić information content (AvgIpc) is 2.97. The first-order valence-electron chi connectivity index (χ1n) is 8.65. The maximum atomic E-state index is 12.2. The van der Waals surface area contributed by atoms with Gasteiger partial charge in [0.05, 0.1) is 0 Å². The summed E-state index contributed by atoms with van der Waals surface area (Å²) < 4.78 is 0.